The Hall–Kier alpha value is -4.41. The first-order valence-electron chi connectivity index (χ1n) is 11.9. The summed E-state index contributed by atoms with van der Waals surface area (Å²) in [6, 6.07) is 3.84. The lowest BCUT2D eigenvalue weighted by molar-refractivity contribution is 0.0696. The SMILES string of the molecule is Cc1c(C(=O)O)c2c([C@@H](c3cc(F)cc(F)c3C(N)=O)C3CCC3)ccc(F)c2c(=O)n1Cc1ncco1. The normalized spacial score (nSPS) is 14.4. The van der Waals surface area contributed by atoms with Crippen LogP contribution in [-0.4, -0.2) is 26.5 Å². The van der Waals surface area contributed by atoms with E-state index in [1.807, 2.05) is 0 Å². The minimum atomic E-state index is -1.44. The summed E-state index contributed by atoms with van der Waals surface area (Å²) in [5.74, 6) is -6.74. The second kappa shape index (κ2) is 9.47. The standard InChI is InChI=1S/C27H22F3N3O5/c1-12-20(27(36)37)23-15(5-6-17(29)24(23)26(35)33(12)11-19-32-7-8-38-19)21(13-3-2-4-13)16-9-14(28)10-18(30)22(16)25(31)34/h5-10,13,21H,2-4,11H2,1H3,(H2,31,34)(H,36,37)/t21-/m0/s1. The third-order valence-corrected chi connectivity index (χ3v) is 7.28. The Morgan fingerprint density at radius 1 is 1.13 bits per heavy atom. The first-order valence-corrected chi connectivity index (χ1v) is 11.9. The number of carboxylic acid groups (broad SMARTS) is 1. The zero-order valence-corrected chi connectivity index (χ0v) is 20.1. The maximum Gasteiger partial charge on any atom is 0.338 e. The Kier molecular flexibility index (Phi) is 6.29. The number of halogens is 3. The van der Waals surface area contributed by atoms with E-state index in [0.717, 1.165) is 23.1 Å². The van der Waals surface area contributed by atoms with Crippen molar-refractivity contribution < 1.29 is 32.3 Å². The summed E-state index contributed by atoms with van der Waals surface area (Å²) in [6.45, 7) is 1.15. The number of nitrogens with zero attached hydrogens (tertiary/aromatic N) is 2. The van der Waals surface area contributed by atoms with Crippen molar-refractivity contribution in [1.82, 2.24) is 9.55 Å². The molecule has 0 bridgehead atoms. The van der Waals surface area contributed by atoms with Gasteiger partial charge in [-0.2, -0.15) is 0 Å². The van der Waals surface area contributed by atoms with E-state index in [2.05, 4.69) is 4.98 Å². The second-order valence-electron chi connectivity index (χ2n) is 9.35. The van der Waals surface area contributed by atoms with Crippen LogP contribution in [0.25, 0.3) is 10.8 Å². The molecule has 1 amide bonds. The Morgan fingerprint density at radius 2 is 1.87 bits per heavy atom. The summed E-state index contributed by atoms with van der Waals surface area (Å²) in [7, 11) is 0. The minimum absolute atomic E-state index is 0.00737. The smallest absolute Gasteiger partial charge is 0.338 e. The van der Waals surface area contributed by atoms with Crippen LogP contribution in [0.2, 0.25) is 0 Å². The molecular formula is C27H22F3N3O5. The molecule has 1 aliphatic carbocycles. The molecule has 4 aromatic rings. The third-order valence-electron chi connectivity index (χ3n) is 7.28. The lowest BCUT2D eigenvalue weighted by atomic mass is 9.68. The van der Waals surface area contributed by atoms with E-state index in [1.54, 1.807) is 0 Å². The number of oxazole rings is 1. The lowest BCUT2D eigenvalue weighted by Gasteiger charge is -2.36. The molecule has 2 aromatic heterocycles. The number of hydrogen-bond donors (Lipinski definition) is 2. The van der Waals surface area contributed by atoms with Gasteiger partial charge in [0, 0.05) is 23.1 Å². The molecule has 2 aromatic carbocycles. The molecule has 1 saturated carbocycles. The van der Waals surface area contributed by atoms with Crippen LogP contribution in [0.15, 0.2) is 45.9 Å². The van der Waals surface area contributed by atoms with Crippen LogP contribution in [0.1, 0.15) is 68.6 Å². The van der Waals surface area contributed by atoms with Gasteiger partial charge >= 0.3 is 5.97 Å². The zero-order chi connectivity index (χ0) is 27.3. The number of benzene rings is 2. The molecule has 38 heavy (non-hydrogen) atoms. The summed E-state index contributed by atoms with van der Waals surface area (Å²) >= 11 is 0. The van der Waals surface area contributed by atoms with Crippen molar-refractivity contribution in [2.75, 3.05) is 0 Å². The number of aromatic carboxylic acids is 1. The quantitative estimate of drug-likeness (QED) is 0.366. The van der Waals surface area contributed by atoms with Crippen molar-refractivity contribution in [3.8, 4) is 0 Å². The molecular weight excluding hydrogens is 503 g/mol. The molecule has 0 saturated heterocycles. The van der Waals surface area contributed by atoms with Crippen LogP contribution in [0, 0.1) is 30.3 Å². The van der Waals surface area contributed by atoms with Gasteiger partial charge in [-0.1, -0.05) is 12.5 Å². The molecule has 2 heterocycles. The van der Waals surface area contributed by atoms with Gasteiger partial charge in [0.1, 0.15) is 30.3 Å². The highest BCUT2D eigenvalue weighted by molar-refractivity contribution is 6.06. The highest BCUT2D eigenvalue weighted by atomic mass is 19.1. The van der Waals surface area contributed by atoms with Crippen molar-refractivity contribution in [3.05, 3.63) is 98.4 Å². The average molecular weight is 525 g/mol. The van der Waals surface area contributed by atoms with Crippen molar-refractivity contribution in [2.24, 2.45) is 11.7 Å². The molecule has 1 aliphatic rings. The molecule has 11 heteroatoms. The van der Waals surface area contributed by atoms with Gasteiger partial charge < -0.3 is 19.8 Å². The highest BCUT2D eigenvalue weighted by Gasteiger charge is 2.37. The number of carbonyl (C=O) groups excluding carboxylic acids is 1. The molecule has 8 nitrogen and oxygen atoms in total. The fourth-order valence-corrected chi connectivity index (χ4v) is 5.40. The number of pyridine rings is 1. The van der Waals surface area contributed by atoms with Gasteiger partial charge in [-0.3, -0.25) is 9.59 Å². The minimum Gasteiger partial charge on any atom is -0.478 e. The Morgan fingerprint density at radius 3 is 2.45 bits per heavy atom. The molecule has 3 N–H and O–H groups in total. The first-order chi connectivity index (χ1) is 18.1. The number of fused-ring (bicyclic) bond motifs is 1. The number of rotatable bonds is 7. The van der Waals surface area contributed by atoms with Crippen LogP contribution in [0.5, 0.6) is 0 Å². The van der Waals surface area contributed by atoms with Crippen LogP contribution in [-0.2, 0) is 6.54 Å². The topological polar surface area (TPSA) is 128 Å². The monoisotopic (exact) mass is 525 g/mol. The van der Waals surface area contributed by atoms with E-state index in [1.165, 1.54) is 25.5 Å². The number of nitrogens with two attached hydrogens (primary N) is 1. The summed E-state index contributed by atoms with van der Waals surface area (Å²) in [6.07, 6.45) is 4.62. The first kappa shape index (κ1) is 25.2. The van der Waals surface area contributed by atoms with Crippen molar-refractivity contribution in [1.29, 1.82) is 0 Å². The predicted molar refractivity (Wildman–Crippen MR) is 130 cm³/mol. The summed E-state index contributed by atoms with van der Waals surface area (Å²) in [5, 5.41) is 9.55. The highest BCUT2D eigenvalue weighted by Crippen LogP contribution is 2.47. The Labute approximate surface area is 213 Å². The molecule has 196 valence electrons. The fraction of sp³-hybridized carbons (Fsp3) is 0.259. The van der Waals surface area contributed by atoms with Crippen molar-refractivity contribution >= 4 is 22.6 Å². The summed E-state index contributed by atoms with van der Waals surface area (Å²) in [4.78, 5) is 42.4. The number of primary amides is 1. The van der Waals surface area contributed by atoms with E-state index < -0.39 is 51.8 Å². The van der Waals surface area contributed by atoms with Gasteiger partial charge in [-0.05, 0) is 48.9 Å². The van der Waals surface area contributed by atoms with E-state index in [4.69, 9.17) is 10.2 Å². The van der Waals surface area contributed by atoms with E-state index in [9.17, 15) is 28.3 Å². The van der Waals surface area contributed by atoms with Gasteiger partial charge in [-0.15, -0.1) is 0 Å². The Bertz CT molecular complexity index is 1660. The van der Waals surface area contributed by atoms with Gasteiger partial charge in [0.25, 0.3) is 11.5 Å². The van der Waals surface area contributed by atoms with Crippen LogP contribution in [0.4, 0.5) is 13.2 Å². The van der Waals surface area contributed by atoms with E-state index >= 15 is 4.39 Å². The van der Waals surface area contributed by atoms with Gasteiger partial charge in [-0.25, -0.2) is 22.9 Å². The lowest BCUT2D eigenvalue weighted by Crippen LogP contribution is -2.29. The molecule has 0 spiro atoms. The largest absolute Gasteiger partial charge is 0.478 e. The fourth-order valence-electron chi connectivity index (χ4n) is 5.40. The number of aromatic nitrogens is 2. The van der Waals surface area contributed by atoms with Crippen molar-refractivity contribution in [2.45, 2.75) is 38.6 Å². The molecule has 0 radical (unpaired) electrons. The zero-order valence-electron chi connectivity index (χ0n) is 20.1. The number of hydrogen-bond acceptors (Lipinski definition) is 5. The maximum atomic E-state index is 15.3. The van der Waals surface area contributed by atoms with Crippen LogP contribution < -0.4 is 11.3 Å². The maximum absolute atomic E-state index is 15.3. The molecule has 0 unspecified atom stereocenters. The van der Waals surface area contributed by atoms with Gasteiger partial charge in [0.05, 0.1) is 22.7 Å². The summed E-state index contributed by atoms with van der Waals surface area (Å²) in [5.41, 5.74) is 3.84. The molecule has 1 fully saturated rings. The Balaban J connectivity index is 1.89. The third kappa shape index (κ3) is 4.04. The van der Waals surface area contributed by atoms with Gasteiger partial charge in [0.2, 0.25) is 5.89 Å². The summed E-state index contributed by atoms with van der Waals surface area (Å²) < 4.78 is 50.8. The number of carboxylic acids is 1. The average Bonchev–Trinajstić information content (AvgIpc) is 3.31. The molecule has 0 aliphatic heterocycles. The van der Waals surface area contributed by atoms with Gasteiger partial charge in [0.15, 0.2) is 0 Å². The molecule has 1 atom stereocenters. The van der Waals surface area contributed by atoms with Crippen LogP contribution >= 0.6 is 0 Å². The number of amides is 1. The van der Waals surface area contributed by atoms with E-state index in [-0.39, 0.29) is 46.1 Å². The second-order valence-corrected chi connectivity index (χ2v) is 9.35. The van der Waals surface area contributed by atoms with Crippen LogP contribution in [0.3, 0.4) is 0 Å². The predicted octanol–water partition coefficient (Wildman–Crippen LogP) is 4.49. The molecule has 5 rings (SSSR count). The van der Waals surface area contributed by atoms with Crippen molar-refractivity contribution in [3.63, 3.8) is 0 Å². The number of carbonyl (C=O) groups is 2. The van der Waals surface area contributed by atoms with E-state index in [0.29, 0.717) is 18.9 Å².